The van der Waals surface area contributed by atoms with Crippen molar-refractivity contribution in [3.05, 3.63) is 42.0 Å². The molecule has 1 aliphatic rings. The van der Waals surface area contributed by atoms with E-state index >= 15 is 0 Å². The fourth-order valence-electron chi connectivity index (χ4n) is 3.61. The van der Waals surface area contributed by atoms with Crippen molar-refractivity contribution < 1.29 is 22.7 Å². The summed E-state index contributed by atoms with van der Waals surface area (Å²) in [4.78, 5) is 11.9. The number of hydrogen-bond donors (Lipinski definition) is 1. The van der Waals surface area contributed by atoms with Gasteiger partial charge >= 0.3 is 6.18 Å². The molecule has 1 atom stereocenters. The Morgan fingerprint density at radius 1 is 1.14 bits per heavy atom. The van der Waals surface area contributed by atoms with Crippen molar-refractivity contribution in [3.63, 3.8) is 0 Å². The molecule has 0 radical (unpaired) electrons. The fraction of sp³-hybridized carbons (Fsp3) is 0.476. The first kappa shape index (κ1) is 20.5. The summed E-state index contributed by atoms with van der Waals surface area (Å²) in [5.74, 6) is 0.432. The van der Waals surface area contributed by atoms with Crippen LogP contribution in [0.15, 0.2) is 36.4 Å². The van der Waals surface area contributed by atoms with E-state index in [0.717, 1.165) is 5.01 Å². The zero-order valence-electron chi connectivity index (χ0n) is 16.4. The van der Waals surface area contributed by atoms with E-state index < -0.39 is 23.7 Å². The molecule has 7 heteroatoms. The minimum absolute atomic E-state index is 0.00704. The number of hydrazine groups is 1. The second kappa shape index (κ2) is 7.28. The predicted molar refractivity (Wildman–Crippen MR) is 102 cm³/mol. The van der Waals surface area contributed by atoms with Crippen LogP contribution in [0.1, 0.15) is 45.7 Å². The summed E-state index contributed by atoms with van der Waals surface area (Å²) in [5, 5.41) is 2.12. The van der Waals surface area contributed by atoms with Crippen LogP contribution in [-0.4, -0.2) is 29.2 Å². The molecule has 1 fully saturated rings. The summed E-state index contributed by atoms with van der Waals surface area (Å²) < 4.78 is 48.4. The third kappa shape index (κ3) is 3.94. The number of fused-ring (bicyclic) bond motifs is 1. The van der Waals surface area contributed by atoms with Crippen LogP contribution >= 0.6 is 0 Å². The van der Waals surface area contributed by atoms with Gasteiger partial charge in [0.15, 0.2) is 6.04 Å². The van der Waals surface area contributed by atoms with Crippen LogP contribution in [0.25, 0.3) is 10.8 Å². The second-order valence-electron chi connectivity index (χ2n) is 8.24. The maximum absolute atomic E-state index is 14.2. The van der Waals surface area contributed by atoms with Crippen LogP contribution in [0.2, 0.25) is 0 Å². The highest BCUT2D eigenvalue weighted by molar-refractivity contribution is 5.91. The number of carbonyl (C=O) groups is 1. The van der Waals surface area contributed by atoms with Gasteiger partial charge in [-0.1, -0.05) is 44.2 Å². The number of alkyl halides is 3. The lowest BCUT2D eigenvalue weighted by Crippen LogP contribution is -2.51. The number of amides is 1. The lowest BCUT2D eigenvalue weighted by atomic mass is 9.93. The van der Waals surface area contributed by atoms with Crippen LogP contribution in [0.3, 0.4) is 0 Å². The number of carbonyl (C=O) groups excluding carboxylic acids is 1. The number of hydrogen-bond acceptors (Lipinski definition) is 3. The molecule has 4 nitrogen and oxygen atoms in total. The normalized spacial score (nSPS) is 18.5. The molecular formula is C21H25F3N2O2. The highest BCUT2D eigenvalue weighted by Gasteiger charge is 2.53. The quantitative estimate of drug-likeness (QED) is 0.777. The number of rotatable bonds is 5. The van der Waals surface area contributed by atoms with Crippen molar-refractivity contribution in [1.82, 2.24) is 10.4 Å². The van der Waals surface area contributed by atoms with Gasteiger partial charge in [0.05, 0.1) is 6.61 Å². The third-order valence-corrected chi connectivity index (χ3v) is 4.84. The van der Waals surface area contributed by atoms with Crippen molar-refractivity contribution in [2.45, 2.75) is 51.9 Å². The van der Waals surface area contributed by atoms with Gasteiger partial charge in [0.2, 0.25) is 5.91 Å². The molecule has 2 aromatic carbocycles. The maximum Gasteiger partial charge on any atom is 0.409 e. The van der Waals surface area contributed by atoms with E-state index in [1.54, 1.807) is 44.2 Å². The molecule has 152 valence electrons. The number of nitrogens with zero attached hydrogens (tertiary/aromatic N) is 1. The van der Waals surface area contributed by atoms with E-state index in [1.165, 1.54) is 6.07 Å². The van der Waals surface area contributed by atoms with Gasteiger partial charge in [-0.05, 0) is 36.8 Å². The average molecular weight is 394 g/mol. The highest BCUT2D eigenvalue weighted by atomic mass is 19.4. The Morgan fingerprint density at radius 2 is 1.79 bits per heavy atom. The van der Waals surface area contributed by atoms with Crippen molar-refractivity contribution in [1.29, 1.82) is 0 Å². The molecule has 0 bridgehead atoms. The molecule has 1 amide bonds. The molecule has 3 rings (SSSR count). The lowest BCUT2D eigenvalue weighted by Gasteiger charge is -2.38. The maximum atomic E-state index is 14.2. The van der Waals surface area contributed by atoms with Crippen molar-refractivity contribution in [2.75, 3.05) is 6.61 Å². The Labute approximate surface area is 162 Å². The molecule has 1 saturated heterocycles. The Kier molecular flexibility index (Phi) is 5.32. The molecule has 1 heterocycles. The van der Waals surface area contributed by atoms with E-state index in [4.69, 9.17) is 4.74 Å². The van der Waals surface area contributed by atoms with Crippen molar-refractivity contribution in [2.24, 2.45) is 5.92 Å². The highest BCUT2D eigenvalue weighted by Crippen LogP contribution is 2.45. The molecule has 28 heavy (non-hydrogen) atoms. The number of nitrogens with one attached hydrogen (secondary N) is 1. The van der Waals surface area contributed by atoms with Crippen LogP contribution in [-0.2, 0) is 4.79 Å². The van der Waals surface area contributed by atoms with Gasteiger partial charge in [-0.2, -0.15) is 18.2 Å². The summed E-state index contributed by atoms with van der Waals surface area (Å²) in [6.07, 6.45) is -4.56. The van der Waals surface area contributed by atoms with Gasteiger partial charge in [-0.25, -0.2) is 0 Å². The summed E-state index contributed by atoms with van der Waals surface area (Å²) in [5.41, 5.74) is 1.54. The molecule has 0 spiro atoms. The Morgan fingerprint density at radius 3 is 2.36 bits per heavy atom. The fourth-order valence-corrected chi connectivity index (χ4v) is 3.61. The van der Waals surface area contributed by atoms with E-state index in [1.807, 2.05) is 13.8 Å². The minimum atomic E-state index is -4.57. The second-order valence-corrected chi connectivity index (χ2v) is 8.24. The third-order valence-electron chi connectivity index (χ3n) is 4.84. The van der Waals surface area contributed by atoms with Gasteiger partial charge in [0, 0.05) is 17.3 Å². The first-order chi connectivity index (χ1) is 13.0. The topological polar surface area (TPSA) is 41.6 Å². The van der Waals surface area contributed by atoms with E-state index in [0.29, 0.717) is 29.0 Å². The zero-order chi connectivity index (χ0) is 20.7. The predicted octanol–water partition coefficient (Wildman–Crippen LogP) is 4.99. The molecule has 1 N–H and O–H groups in total. The smallest absolute Gasteiger partial charge is 0.409 e. The van der Waals surface area contributed by atoms with Gasteiger partial charge < -0.3 is 4.74 Å². The monoisotopic (exact) mass is 394 g/mol. The largest absolute Gasteiger partial charge is 0.493 e. The van der Waals surface area contributed by atoms with Crippen molar-refractivity contribution >= 4 is 16.7 Å². The average Bonchev–Trinajstić information content (AvgIpc) is 2.84. The Bertz CT molecular complexity index is 878. The summed E-state index contributed by atoms with van der Waals surface area (Å²) in [6.45, 7) is 7.75. The van der Waals surface area contributed by atoms with Gasteiger partial charge in [0.25, 0.3) is 0 Å². The summed E-state index contributed by atoms with van der Waals surface area (Å²) in [6, 6.07) is 7.99. The van der Waals surface area contributed by atoms with Gasteiger partial charge in [-0.3, -0.25) is 10.2 Å². The number of benzene rings is 2. The van der Waals surface area contributed by atoms with Crippen LogP contribution in [0, 0.1) is 5.92 Å². The first-order valence-corrected chi connectivity index (χ1v) is 9.30. The summed E-state index contributed by atoms with van der Waals surface area (Å²) >= 11 is 0. The standard InChI is InChI=1S/C21H25F3N2O2/c1-13(2)12-28-17-10-6-7-14-15(17)8-5-9-16(14)19(21(22,23)24)26-20(3,4)11-18(27)25-26/h5-10,13,19H,11-12H2,1-4H3,(H,25,27)/t19-/m0/s1. The Balaban J connectivity index is 2.14. The van der Waals surface area contributed by atoms with Crippen LogP contribution < -0.4 is 10.2 Å². The number of halogens is 3. The molecule has 0 aromatic heterocycles. The minimum Gasteiger partial charge on any atom is -0.493 e. The van der Waals surface area contributed by atoms with E-state index in [9.17, 15) is 18.0 Å². The molecule has 1 aliphatic heterocycles. The number of ether oxygens (including phenoxy) is 1. The molecule has 0 saturated carbocycles. The Hall–Kier alpha value is -2.28. The molecule has 0 unspecified atom stereocenters. The molecular weight excluding hydrogens is 369 g/mol. The first-order valence-electron chi connectivity index (χ1n) is 9.30. The van der Waals surface area contributed by atoms with Gasteiger partial charge in [-0.15, -0.1) is 0 Å². The summed E-state index contributed by atoms with van der Waals surface area (Å²) in [7, 11) is 0. The van der Waals surface area contributed by atoms with E-state index in [2.05, 4.69) is 5.43 Å². The lowest BCUT2D eigenvalue weighted by molar-refractivity contribution is -0.203. The van der Waals surface area contributed by atoms with Crippen molar-refractivity contribution in [3.8, 4) is 5.75 Å². The zero-order valence-corrected chi connectivity index (χ0v) is 16.4. The SMILES string of the molecule is CC(C)COc1cccc2c([C@H](N3NC(=O)CC3(C)C)C(F)(F)F)cccc12. The molecule has 2 aromatic rings. The van der Waals surface area contributed by atoms with Crippen LogP contribution in [0.4, 0.5) is 13.2 Å². The van der Waals surface area contributed by atoms with Crippen LogP contribution in [0.5, 0.6) is 5.75 Å². The van der Waals surface area contributed by atoms with Gasteiger partial charge in [0.1, 0.15) is 5.75 Å². The van der Waals surface area contributed by atoms with E-state index in [-0.39, 0.29) is 12.0 Å². The molecule has 0 aliphatic carbocycles.